The van der Waals surface area contributed by atoms with Crippen molar-refractivity contribution in [2.45, 2.75) is 6.04 Å². The van der Waals surface area contributed by atoms with E-state index in [1.807, 2.05) is 4.90 Å². The fourth-order valence-electron chi connectivity index (χ4n) is 2.78. The molecule has 1 N–H and O–H groups in total. The highest BCUT2D eigenvalue weighted by Gasteiger charge is 2.28. The highest BCUT2D eigenvalue weighted by atomic mass is 19.1. The molecule has 2 aliphatic rings. The van der Waals surface area contributed by atoms with E-state index >= 15 is 0 Å². The summed E-state index contributed by atoms with van der Waals surface area (Å²) >= 11 is 0. The summed E-state index contributed by atoms with van der Waals surface area (Å²) in [6.45, 7) is 4.77. The number of morpholine rings is 1. The molecule has 0 radical (unpaired) electrons. The molecule has 1 atom stereocenters. The number of halogens is 1. The van der Waals surface area contributed by atoms with Crippen LogP contribution < -0.4 is 10.2 Å². The maximum Gasteiger partial charge on any atom is 0.242 e. The Labute approximate surface area is 123 Å². The lowest BCUT2D eigenvalue weighted by Gasteiger charge is -2.38. The standard InChI is InChI=1S/C15H20FN3O2/c16-12-1-3-13(4-2-12)18-6-8-19(9-7-18)15(20)14-11-21-10-5-17-14/h1-4,14,17H,5-11H2. The molecule has 0 aliphatic carbocycles. The summed E-state index contributed by atoms with van der Waals surface area (Å²) in [5.74, 6) is -0.107. The minimum Gasteiger partial charge on any atom is -0.378 e. The highest BCUT2D eigenvalue weighted by molar-refractivity contribution is 5.82. The molecule has 5 nitrogen and oxygen atoms in total. The van der Waals surface area contributed by atoms with Gasteiger partial charge < -0.3 is 19.9 Å². The van der Waals surface area contributed by atoms with E-state index in [2.05, 4.69) is 10.2 Å². The van der Waals surface area contributed by atoms with E-state index in [0.29, 0.717) is 26.3 Å². The lowest BCUT2D eigenvalue weighted by Crippen LogP contribution is -2.57. The Morgan fingerprint density at radius 1 is 1.19 bits per heavy atom. The largest absolute Gasteiger partial charge is 0.378 e. The number of benzene rings is 1. The third-order valence-corrected chi connectivity index (χ3v) is 4.00. The van der Waals surface area contributed by atoms with Gasteiger partial charge in [-0.3, -0.25) is 4.79 Å². The molecule has 114 valence electrons. The van der Waals surface area contributed by atoms with Gasteiger partial charge in [0, 0.05) is 38.4 Å². The van der Waals surface area contributed by atoms with Gasteiger partial charge in [-0.2, -0.15) is 0 Å². The minimum atomic E-state index is -0.226. The van der Waals surface area contributed by atoms with Crippen LogP contribution in [0.25, 0.3) is 0 Å². The second-order valence-electron chi connectivity index (χ2n) is 5.37. The number of piperazine rings is 1. The number of anilines is 1. The molecule has 1 aromatic rings. The first-order valence-corrected chi connectivity index (χ1v) is 7.34. The number of hydrogen-bond acceptors (Lipinski definition) is 4. The second-order valence-corrected chi connectivity index (χ2v) is 5.37. The first-order chi connectivity index (χ1) is 10.2. The van der Waals surface area contributed by atoms with Gasteiger partial charge >= 0.3 is 0 Å². The number of carbonyl (C=O) groups is 1. The minimum absolute atomic E-state index is 0.119. The maximum atomic E-state index is 12.9. The van der Waals surface area contributed by atoms with Crippen molar-refractivity contribution in [3.63, 3.8) is 0 Å². The van der Waals surface area contributed by atoms with E-state index < -0.39 is 0 Å². The van der Waals surface area contributed by atoms with Gasteiger partial charge in [0.15, 0.2) is 0 Å². The molecule has 21 heavy (non-hydrogen) atoms. The Morgan fingerprint density at radius 3 is 2.52 bits per heavy atom. The van der Waals surface area contributed by atoms with Gasteiger partial charge in [0.2, 0.25) is 5.91 Å². The van der Waals surface area contributed by atoms with Crippen molar-refractivity contribution >= 4 is 11.6 Å². The van der Waals surface area contributed by atoms with Crippen LogP contribution in [0.2, 0.25) is 0 Å². The lowest BCUT2D eigenvalue weighted by molar-refractivity contribution is -0.136. The fourth-order valence-corrected chi connectivity index (χ4v) is 2.78. The van der Waals surface area contributed by atoms with Crippen LogP contribution in [-0.2, 0) is 9.53 Å². The Kier molecular flexibility index (Phi) is 4.36. The summed E-state index contributed by atoms with van der Waals surface area (Å²) in [6, 6.07) is 6.29. The zero-order chi connectivity index (χ0) is 14.7. The molecular weight excluding hydrogens is 273 g/mol. The van der Waals surface area contributed by atoms with E-state index in [4.69, 9.17) is 4.74 Å². The molecule has 0 spiro atoms. The third-order valence-electron chi connectivity index (χ3n) is 4.00. The van der Waals surface area contributed by atoms with Crippen molar-refractivity contribution in [1.82, 2.24) is 10.2 Å². The van der Waals surface area contributed by atoms with Gasteiger partial charge in [0.25, 0.3) is 0 Å². The van der Waals surface area contributed by atoms with Crippen molar-refractivity contribution in [2.75, 3.05) is 50.8 Å². The van der Waals surface area contributed by atoms with Gasteiger partial charge in [-0.25, -0.2) is 4.39 Å². The number of hydrogen-bond donors (Lipinski definition) is 1. The SMILES string of the molecule is O=C(C1COCCN1)N1CCN(c2ccc(F)cc2)CC1. The van der Waals surface area contributed by atoms with E-state index in [1.165, 1.54) is 12.1 Å². The molecule has 1 aromatic carbocycles. The molecule has 2 aliphatic heterocycles. The number of carbonyl (C=O) groups excluding carboxylic acids is 1. The van der Waals surface area contributed by atoms with Gasteiger partial charge in [-0.05, 0) is 24.3 Å². The summed E-state index contributed by atoms with van der Waals surface area (Å²) in [6.07, 6.45) is 0. The van der Waals surface area contributed by atoms with Crippen LogP contribution in [0, 0.1) is 5.82 Å². The summed E-state index contributed by atoms with van der Waals surface area (Å²) in [4.78, 5) is 16.4. The van der Waals surface area contributed by atoms with Crippen LogP contribution in [0.3, 0.4) is 0 Å². The molecule has 2 fully saturated rings. The molecule has 6 heteroatoms. The average molecular weight is 293 g/mol. The molecule has 0 bridgehead atoms. The summed E-state index contributed by atoms with van der Waals surface area (Å²) in [5.41, 5.74) is 1.00. The Morgan fingerprint density at radius 2 is 1.90 bits per heavy atom. The van der Waals surface area contributed by atoms with Crippen LogP contribution in [0.1, 0.15) is 0 Å². The first-order valence-electron chi connectivity index (χ1n) is 7.34. The van der Waals surface area contributed by atoms with Crippen molar-refractivity contribution in [3.8, 4) is 0 Å². The van der Waals surface area contributed by atoms with Gasteiger partial charge in [0.1, 0.15) is 11.9 Å². The monoisotopic (exact) mass is 293 g/mol. The molecule has 0 aromatic heterocycles. The number of ether oxygens (including phenoxy) is 1. The van der Waals surface area contributed by atoms with Crippen molar-refractivity contribution in [1.29, 1.82) is 0 Å². The van der Waals surface area contributed by atoms with Crippen molar-refractivity contribution < 1.29 is 13.9 Å². The van der Waals surface area contributed by atoms with E-state index in [9.17, 15) is 9.18 Å². The van der Waals surface area contributed by atoms with Gasteiger partial charge in [-0.15, -0.1) is 0 Å². The highest BCUT2D eigenvalue weighted by Crippen LogP contribution is 2.17. The molecule has 1 amide bonds. The van der Waals surface area contributed by atoms with Crippen LogP contribution >= 0.6 is 0 Å². The normalized spacial score (nSPS) is 23.2. The number of rotatable bonds is 2. The quantitative estimate of drug-likeness (QED) is 0.860. The molecule has 1 unspecified atom stereocenters. The summed E-state index contributed by atoms with van der Waals surface area (Å²) in [7, 11) is 0. The van der Waals surface area contributed by atoms with Crippen LogP contribution in [0.4, 0.5) is 10.1 Å². The zero-order valence-electron chi connectivity index (χ0n) is 11.9. The van der Waals surface area contributed by atoms with Crippen molar-refractivity contribution in [3.05, 3.63) is 30.1 Å². The molecular formula is C15H20FN3O2. The van der Waals surface area contributed by atoms with Crippen LogP contribution in [0.15, 0.2) is 24.3 Å². The molecule has 2 heterocycles. The predicted molar refractivity (Wildman–Crippen MR) is 77.8 cm³/mol. The third kappa shape index (κ3) is 3.33. The number of nitrogens with one attached hydrogen (secondary N) is 1. The average Bonchev–Trinajstić information content (AvgIpc) is 2.56. The second kappa shape index (κ2) is 6.41. The van der Waals surface area contributed by atoms with Crippen molar-refractivity contribution in [2.24, 2.45) is 0 Å². The van der Waals surface area contributed by atoms with E-state index in [0.717, 1.165) is 25.3 Å². The summed E-state index contributed by atoms with van der Waals surface area (Å²) < 4.78 is 18.3. The zero-order valence-corrected chi connectivity index (χ0v) is 11.9. The lowest BCUT2D eigenvalue weighted by atomic mass is 10.2. The Hall–Kier alpha value is -1.66. The Balaban J connectivity index is 1.54. The predicted octanol–water partition coefficient (Wildman–Crippen LogP) is 0.463. The van der Waals surface area contributed by atoms with Gasteiger partial charge in [-0.1, -0.05) is 0 Å². The number of nitrogens with zero attached hydrogens (tertiary/aromatic N) is 2. The molecule has 2 saturated heterocycles. The smallest absolute Gasteiger partial charge is 0.242 e. The Bertz CT molecular complexity index is 480. The number of amides is 1. The first kappa shape index (κ1) is 14.3. The summed E-state index contributed by atoms with van der Waals surface area (Å²) in [5, 5.41) is 3.19. The maximum absolute atomic E-state index is 12.9. The van der Waals surface area contributed by atoms with Gasteiger partial charge in [0.05, 0.1) is 13.2 Å². The molecule has 3 rings (SSSR count). The molecule has 0 saturated carbocycles. The van der Waals surface area contributed by atoms with Crippen LogP contribution in [-0.4, -0.2) is 62.8 Å². The van der Waals surface area contributed by atoms with E-state index in [-0.39, 0.29) is 17.8 Å². The fraction of sp³-hybridized carbons (Fsp3) is 0.533. The van der Waals surface area contributed by atoms with E-state index in [1.54, 1.807) is 12.1 Å². The van der Waals surface area contributed by atoms with Crippen LogP contribution in [0.5, 0.6) is 0 Å². The topological polar surface area (TPSA) is 44.8 Å².